The van der Waals surface area contributed by atoms with Crippen molar-refractivity contribution in [1.82, 2.24) is 0 Å². The first kappa shape index (κ1) is 69.6. The molecule has 0 aromatic heterocycles. The van der Waals surface area contributed by atoms with E-state index in [1.165, 1.54) is 154 Å². The summed E-state index contributed by atoms with van der Waals surface area (Å²) in [6.45, 7) is 6.53. The van der Waals surface area contributed by atoms with Crippen LogP contribution in [0.15, 0.2) is 85.1 Å². The molecule has 73 heavy (non-hydrogen) atoms. The monoisotopic (exact) mass is 1020 g/mol. The molecule has 420 valence electrons. The fourth-order valence-electron chi connectivity index (χ4n) is 8.78. The molecule has 0 aliphatic heterocycles. The Balaban J connectivity index is 4.39. The van der Waals surface area contributed by atoms with Crippen LogP contribution in [-0.2, 0) is 28.6 Å². The molecule has 0 aromatic carbocycles. The van der Waals surface area contributed by atoms with Crippen molar-refractivity contribution in [2.45, 2.75) is 309 Å². The maximum Gasteiger partial charge on any atom is 0.306 e. The summed E-state index contributed by atoms with van der Waals surface area (Å²) in [7, 11) is 0. The second-order valence-electron chi connectivity index (χ2n) is 20.6. The highest BCUT2D eigenvalue weighted by Crippen LogP contribution is 2.17. The summed E-state index contributed by atoms with van der Waals surface area (Å²) in [5, 5.41) is 0. The van der Waals surface area contributed by atoms with Gasteiger partial charge in [-0.25, -0.2) is 0 Å². The number of esters is 3. The summed E-state index contributed by atoms with van der Waals surface area (Å²) >= 11 is 0. The van der Waals surface area contributed by atoms with Crippen LogP contribution < -0.4 is 0 Å². The standard InChI is InChI=1S/C67H116O6/c1-4-7-10-13-16-19-22-25-27-29-30-31-32-33-34-35-36-38-39-42-45-48-51-54-57-60-66(69)72-63-64(62-71-65(68)59-56-53-50-47-44-41-24-21-18-15-12-9-6-3)73-67(70)61-58-55-52-49-46-43-40-37-28-26-23-20-17-14-11-8-5-2/h7,10,16,19,25,27,30-31,33-34,36,38,42,45,64H,4-6,8-9,11-15,17-18,20-24,26,28-29,32,35,37,39-41,43-44,46-63H2,1-3H3/b10-7-,19-16-,27-25-,31-30-,34-33-,38-36-,45-42-. The SMILES string of the molecule is CC/C=C\C/C=C\C/C=C\C/C=C\C/C=C\C/C=C\C/C=C\CCCCCC(=O)OCC(COC(=O)CCCCCCCCCCCCCCC)OC(=O)CCCCCCCCCCCCCCCCCCC. The number of ether oxygens (including phenoxy) is 3. The molecule has 0 aromatic rings. The molecule has 0 amide bonds. The van der Waals surface area contributed by atoms with Crippen LogP contribution in [0.4, 0.5) is 0 Å². The summed E-state index contributed by atoms with van der Waals surface area (Å²) in [6, 6.07) is 0. The zero-order valence-corrected chi connectivity index (χ0v) is 48.1. The third-order valence-electron chi connectivity index (χ3n) is 13.4. The fourth-order valence-corrected chi connectivity index (χ4v) is 8.78. The molecule has 0 fully saturated rings. The Labute approximate surface area is 452 Å². The van der Waals surface area contributed by atoms with Gasteiger partial charge in [0.2, 0.25) is 0 Å². The molecule has 0 bridgehead atoms. The van der Waals surface area contributed by atoms with E-state index >= 15 is 0 Å². The highest BCUT2D eigenvalue weighted by Gasteiger charge is 2.19. The summed E-state index contributed by atoms with van der Waals surface area (Å²) in [5.74, 6) is -0.904. The lowest BCUT2D eigenvalue weighted by Gasteiger charge is -2.18. The Morgan fingerprint density at radius 1 is 0.288 bits per heavy atom. The van der Waals surface area contributed by atoms with Gasteiger partial charge < -0.3 is 14.2 Å². The van der Waals surface area contributed by atoms with Gasteiger partial charge in [0.1, 0.15) is 13.2 Å². The first-order valence-corrected chi connectivity index (χ1v) is 31.1. The smallest absolute Gasteiger partial charge is 0.306 e. The molecule has 6 nitrogen and oxygen atoms in total. The Morgan fingerprint density at radius 2 is 0.534 bits per heavy atom. The molecule has 0 N–H and O–H groups in total. The lowest BCUT2D eigenvalue weighted by atomic mass is 10.0. The molecule has 0 aliphatic rings. The van der Waals surface area contributed by atoms with Crippen LogP contribution in [0.3, 0.4) is 0 Å². The molecule has 0 spiro atoms. The Bertz CT molecular complexity index is 1400. The van der Waals surface area contributed by atoms with E-state index in [-0.39, 0.29) is 31.1 Å². The third-order valence-corrected chi connectivity index (χ3v) is 13.4. The van der Waals surface area contributed by atoms with Crippen molar-refractivity contribution in [2.24, 2.45) is 0 Å². The lowest BCUT2D eigenvalue weighted by molar-refractivity contribution is -0.167. The number of carbonyl (C=O) groups is 3. The van der Waals surface area contributed by atoms with Crippen LogP contribution in [0.5, 0.6) is 0 Å². The predicted octanol–water partition coefficient (Wildman–Crippen LogP) is 21.1. The largest absolute Gasteiger partial charge is 0.462 e. The number of hydrogen-bond acceptors (Lipinski definition) is 6. The topological polar surface area (TPSA) is 78.9 Å². The molecular formula is C67H116O6. The fraction of sp³-hybridized carbons (Fsp3) is 0.746. The summed E-state index contributed by atoms with van der Waals surface area (Å²) in [4.78, 5) is 38.2. The first-order valence-electron chi connectivity index (χ1n) is 31.1. The third kappa shape index (κ3) is 59.3. The molecular weight excluding hydrogens is 901 g/mol. The Hall–Kier alpha value is -3.41. The van der Waals surface area contributed by atoms with Gasteiger partial charge in [-0.2, -0.15) is 0 Å². The first-order chi connectivity index (χ1) is 36.0. The quantitative estimate of drug-likeness (QED) is 0.0261. The van der Waals surface area contributed by atoms with E-state index in [4.69, 9.17) is 14.2 Å². The van der Waals surface area contributed by atoms with Crippen molar-refractivity contribution in [3.63, 3.8) is 0 Å². The van der Waals surface area contributed by atoms with Crippen LogP contribution in [0.1, 0.15) is 303 Å². The highest BCUT2D eigenvalue weighted by atomic mass is 16.6. The average molecular weight is 1020 g/mol. The second kappa shape index (κ2) is 61.1. The minimum atomic E-state index is -0.788. The molecule has 0 rings (SSSR count). The van der Waals surface area contributed by atoms with Gasteiger partial charge in [0.15, 0.2) is 6.10 Å². The number of rotatable bonds is 56. The van der Waals surface area contributed by atoms with Gasteiger partial charge in [-0.1, -0.05) is 292 Å². The number of allylic oxidation sites excluding steroid dienone is 14. The molecule has 0 aliphatic carbocycles. The normalized spacial score (nSPS) is 12.6. The zero-order valence-electron chi connectivity index (χ0n) is 48.1. The van der Waals surface area contributed by atoms with Crippen molar-refractivity contribution in [3.8, 4) is 0 Å². The van der Waals surface area contributed by atoms with Crippen molar-refractivity contribution in [2.75, 3.05) is 13.2 Å². The van der Waals surface area contributed by atoms with Gasteiger partial charge in [-0.15, -0.1) is 0 Å². The molecule has 6 heteroatoms. The maximum atomic E-state index is 12.9. The number of carbonyl (C=O) groups excluding carboxylic acids is 3. The van der Waals surface area contributed by atoms with E-state index in [9.17, 15) is 14.4 Å². The highest BCUT2D eigenvalue weighted by molar-refractivity contribution is 5.71. The van der Waals surface area contributed by atoms with Gasteiger partial charge in [0, 0.05) is 19.3 Å². The van der Waals surface area contributed by atoms with Gasteiger partial charge >= 0.3 is 17.9 Å². The van der Waals surface area contributed by atoms with Crippen LogP contribution in [-0.4, -0.2) is 37.2 Å². The van der Waals surface area contributed by atoms with Crippen molar-refractivity contribution < 1.29 is 28.6 Å². The van der Waals surface area contributed by atoms with E-state index in [0.29, 0.717) is 19.3 Å². The average Bonchev–Trinajstić information content (AvgIpc) is 3.39. The van der Waals surface area contributed by atoms with Crippen LogP contribution in [0.2, 0.25) is 0 Å². The molecule has 0 saturated carbocycles. The number of hydrogen-bond donors (Lipinski definition) is 0. The Morgan fingerprint density at radius 3 is 0.836 bits per heavy atom. The van der Waals surface area contributed by atoms with Gasteiger partial charge in [0.25, 0.3) is 0 Å². The van der Waals surface area contributed by atoms with Gasteiger partial charge in [0.05, 0.1) is 0 Å². The van der Waals surface area contributed by atoms with E-state index in [1.54, 1.807) is 0 Å². The van der Waals surface area contributed by atoms with E-state index in [1.807, 2.05) is 0 Å². The van der Waals surface area contributed by atoms with Crippen LogP contribution in [0.25, 0.3) is 0 Å². The van der Waals surface area contributed by atoms with E-state index < -0.39 is 6.10 Å². The van der Waals surface area contributed by atoms with E-state index in [2.05, 4.69) is 106 Å². The second-order valence-corrected chi connectivity index (χ2v) is 20.6. The van der Waals surface area contributed by atoms with Crippen molar-refractivity contribution in [1.29, 1.82) is 0 Å². The maximum absolute atomic E-state index is 12.9. The van der Waals surface area contributed by atoms with Gasteiger partial charge in [-0.05, 0) is 77.0 Å². The van der Waals surface area contributed by atoms with E-state index in [0.717, 1.165) is 109 Å². The zero-order chi connectivity index (χ0) is 52.9. The lowest BCUT2D eigenvalue weighted by Crippen LogP contribution is -2.30. The van der Waals surface area contributed by atoms with Crippen molar-refractivity contribution >= 4 is 17.9 Å². The minimum absolute atomic E-state index is 0.0831. The molecule has 1 unspecified atom stereocenters. The predicted molar refractivity (Wildman–Crippen MR) is 316 cm³/mol. The van der Waals surface area contributed by atoms with Crippen molar-refractivity contribution in [3.05, 3.63) is 85.1 Å². The molecule has 0 saturated heterocycles. The van der Waals surface area contributed by atoms with Crippen LogP contribution >= 0.6 is 0 Å². The summed E-state index contributed by atoms with van der Waals surface area (Å²) < 4.78 is 16.9. The Kier molecular flexibility index (Phi) is 58.3. The molecule has 0 heterocycles. The minimum Gasteiger partial charge on any atom is -0.462 e. The number of unbranched alkanes of at least 4 members (excludes halogenated alkanes) is 31. The summed E-state index contributed by atoms with van der Waals surface area (Å²) in [5.41, 5.74) is 0. The summed E-state index contributed by atoms with van der Waals surface area (Å²) in [6.07, 6.45) is 80.1. The van der Waals surface area contributed by atoms with Gasteiger partial charge in [-0.3, -0.25) is 14.4 Å². The van der Waals surface area contributed by atoms with Crippen LogP contribution in [0, 0.1) is 0 Å². The molecule has 0 radical (unpaired) electrons. The molecule has 1 atom stereocenters.